The highest BCUT2D eigenvalue weighted by atomic mass is 15.2. The molecule has 1 heteroatoms. The normalized spacial score (nSPS) is 12.5. The summed E-state index contributed by atoms with van der Waals surface area (Å²) in [5.74, 6) is 0. The lowest BCUT2D eigenvalue weighted by Gasteiger charge is -2.35. The topological polar surface area (TPSA) is 3.24 Å². The van der Waals surface area contributed by atoms with E-state index in [1.807, 2.05) is 0 Å². The van der Waals surface area contributed by atoms with Crippen molar-refractivity contribution in [2.75, 3.05) is 4.90 Å². The predicted octanol–water partition coefficient (Wildman–Crippen LogP) is 15.7. The first-order valence-corrected chi connectivity index (χ1v) is 20.8. The van der Waals surface area contributed by atoms with Gasteiger partial charge in [-0.15, -0.1) is 0 Å². The van der Waals surface area contributed by atoms with Crippen molar-refractivity contribution in [1.29, 1.82) is 0 Å². The molecule has 1 aliphatic carbocycles. The molecule has 0 amide bonds. The van der Waals surface area contributed by atoms with Crippen molar-refractivity contribution in [1.82, 2.24) is 0 Å². The summed E-state index contributed by atoms with van der Waals surface area (Å²) >= 11 is 0. The van der Waals surface area contributed by atoms with Crippen LogP contribution in [0.5, 0.6) is 0 Å². The third kappa shape index (κ3) is 5.70. The van der Waals surface area contributed by atoms with Crippen molar-refractivity contribution in [3.8, 4) is 44.5 Å². The molecule has 282 valence electrons. The zero-order chi connectivity index (χ0) is 39.9. The van der Waals surface area contributed by atoms with E-state index in [2.05, 4.69) is 254 Å². The van der Waals surface area contributed by atoms with E-state index in [-0.39, 0.29) is 0 Å². The van der Waals surface area contributed by atoms with Gasteiger partial charge in [0.2, 0.25) is 0 Å². The van der Waals surface area contributed by atoms with Crippen LogP contribution in [0.3, 0.4) is 0 Å². The van der Waals surface area contributed by atoms with Crippen LogP contribution in [0.2, 0.25) is 0 Å². The average molecular weight is 764 g/mol. The molecule has 0 aromatic heterocycles. The van der Waals surface area contributed by atoms with E-state index in [1.54, 1.807) is 0 Å². The number of benzene rings is 10. The van der Waals surface area contributed by atoms with Gasteiger partial charge in [-0.25, -0.2) is 0 Å². The van der Waals surface area contributed by atoms with E-state index in [4.69, 9.17) is 0 Å². The van der Waals surface area contributed by atoms with E-state index >= 15 is 0 Å². The summed E-state index contributed by atoms with van der Waals surface area (Å²) in [6.45, 7) is 0. The standard InChI is InChI=1S/C59H41N/c1-4-21-43(22-5-1)50-32-13-16-38-55(50)60(56-39-17-14-33-51(56)45-26-18-25-44(41-45)49-35-19-24-42-23-10-11-31-48(42)49)57-40-20-37-54-58(57)52-34-12-15-36-53(52)59(54,46-27-6-2-7-28-46)47-29-8-3-9-30-47/h1-41H. The summed E-state index contributed by atoms with van der Waals surface area (Å²) in [4.78, 5) is 2.53. The lowest BCUT2D eigenvalue weighted by molar-refractivity contribution is 0.768. The second-order valence-electron chi connectivity index (χ2n) is 15.6. The Balaban J connectivity index is 1.21. The van der Waals surface area contributed by atoms with Crippen molar-refractivity contribution in [3.63, 3.8) is 0 Å². The molecular formula is C59H41N. The fraction of sp³-hybridized carbons (Fsp3) is 0.0169. The van der Waals surface area contributed by atoms with Crippen LogP contribution >= 0.6 is 0 Å². The molecule has 0 aliphatic heterocycles. The molecule has 0 atom stereocenters. The molecule has 1 aliphatic rings. The van der Waals surface area contributed by atoms with Gasteiger partial charge in [0.1, 0.15) is 0 Å². The SMILES string of the molecule is c1ccc(-c2ccccc2N(c2ccccc2-c2cccc(-c3cccc4ccccc34)c2)c2cccc3c2-c2ccccc2C3(c2ccccc2)c2ccccc2)cc1. The van der Waals surface area contributed by atoms with Crippen LogP contribution in [0.25, 0.3) is 55.3 Å². The Morgan fingerprint density at radius 3 is 1.42 bits per heavy atom. The Hall–Kier alpha value is -7.74. The van der Waals surface area contributed by atoms with Crippen LogP contribution in [0.15, 0.2) is 249 Å². The average Bonchev–Trinajstić information content (AvgIpc) is 3.64. The zero-order valence-electron chi connectivity index (χ0n) is 33.1. The molecule has 0 fully saturated rings. The molecule has 10 aromatic carbocycles. The highest BCUT2D eigenvalue weighted by molar-refractivity contribution is 6.02. The third-order valence-electron chi connectivity index (χ3n) is 12.4. The molecule has 1 nitrogen and oxygen atoms in total. The van der Waals surface area contributed by atoms with E-state index in [0.29, 0.717) is 0 Å². The first-order chi connectivity index (χ1) is 29.8. The lowest BCUT2D eigenvalue weighted by atomic mass is 9.68. The highest BCUT2D eigenvalue weighted by Crippen LogP contribution is 2.60. The monoisotopic (exact) mass is 763 g/mol. The van der Waals surface area contributed by atoms with Crippen LogP contribution in [0.4, 0.5) is 17.1 Å². The summed E-state index contributed by atoms with van der Waals surface area (Å²) < 4.78 is 0. The van der Waals surface area contributed by atoms with Crippen LogP contribution in [0, 0.1) is 0 Å². The Morgan fingerprint density at radius 1 is 0.283 bits per heavy atom. The maximum Gasteiger partial charge on any atom is 0.0714 e. The Labute approximate surface area is 352 Å². The smallest absolute Gasteiger partial charge is 0.0714 e. The van der Waals surface area contributed by atoms with Gasteiger partial charge in [0, 0.05) is 16.7 Å². The van der Waals surface area contributed by atoms with Crippen LogP contribution in [-0.4, -0.2) is 0 Å². The van der Waals surface area contributed by atoms with Crippen LogP contribution < -0.4 is 4.90 Å². The van der Waals surface area contributed by atoms with Crippen molar-refractivity contribution < 1.29 is 0 Å². The van der Waals surface area contributed by atoms with Crippen molar-refractivity contribution in [2.24, 2.45) is 0 Å². The number of fused-ring (bicyclic) bond motifs is 4. The first-order valence-electron chi connectivity index (χ1n) is 20.8. The molecule has 0 radical (unpaired) electrons. The number of anilines is 3. The first kappa shape index (κ1) is 35.4. The minimum Gasteiger partial charge on any atom is -0.309 e. The van der Waals surface area contributed by atoms with Gasteiger partial charge in [-0.3, -0.25) is 0 Å². The summed E-state index contributed by atoms with van der Waals surface area (Å²) in [5, 5.41) is 2.49. The van der Waals surface area contributed by atoms with Gasteiger partial charge in [-0.2, -0.15) is 0 Å². The predicted molar refractivity (Wildman–Crippen MR) is 252 cm³/mol. The second kappa shape index (κ2) is 14.9. The minimum atomic E-state index is -0.526. The molecular weight excluding hydrogens is 723 g/mol. The zero-order valence-corrected chi connectivity index (χ0v) is 33.1. The molecule has 0 spiro atoms. The maximum absolute atomic E-state index is 2.53. The van der Waals surface area contributed by atoms with Crippen molar-refractivity contribution in [2.45, 2.75) is 5.41 Å². The van der Waals surface area contributed by atoms with Crippen molar-refractivity contribution >= 4 is 27.8 Å². The molecule has 0 bridgehead atoms. The van der Waals surface area contributed by atoms with E-state index < -0.39 is 5.41 Å². The van der Waals surface area contributed by atoms with Gasteiger partial charge >= 0.3 is 0 Å². The van der Waals surface area contributed by atoms with E-state index in [9.17, 15) is 0 Å². The van der Waals surface area contributed by atoms with Gasteiger partial charge in [-0.1, -0.05) is 224 Å². The number of rotatable bonds is 8. The number of hydrogen-bond acceptors (Lipinski definition) is 1. The number of nitrogens with zero attached hydrogens (tertiary/aromatic N) is 1. The van der Waals surface area contributed by atoms with Gasteiger partial charge < -0.3 is 4.90 Å². The quantitative estimate of drug-likeness (QED) is 0.149. The largest absolute Gasteiger partial charge is 0.309 e. The Kier molecular flexibility index (Phi) is 8.79. The maximum atomic E-state index is 2.53. The summed E-state index contributed by atoms with van der Waals surface area (Å²) in [6, 6.07) is 91.1. The number of hydrogen-bond donors (Lipinski definition) is 0. The molecule has 0 N–H and O–H groups in total. The third-order valence-corrected chi connectivity index (χ3v) is 12.4. The molecule has 0 saturated carbocycles. The molecule has 60 heavy (non-hydrogen) atoms. The Morgan fingerprint density at radius 2 is 0.717 bits per heavy atom. The van der Waals surface area contributed by atoms with Crippen molar-refractivity contribution in [3.05, 3.63) is 271 Å². The summed E-state index contributed by atoms with van der Waals surface area (Å²) in [6.07, 6.45) is 0. The minimum absolute atomic E-state index is 0.526. The molecule has 10 aromatic rings. The molecule has 0 saturated heterocycles. The van der Waals surface area contributed by atoms with Crippen LogP contribution in [-0.2, 0) is 5.41 Å². The van der Waals surface area contributed by atoms with Gasteiger partial charge in [-0.05, 0) is 85.1 Å². The summed E-state index contributed by atoms with van der Waals surface area (Å²) in [5.41, 5.74) is 17.5. The summed E-state index contributed by atoms with van der Waals surface area (Å²) in [7, 11) is 0. The fourth-order valence-corrected chi connectivity index (χ4v) is 9.82. The van der Waals surface area contributed by atoms with Gasteiger partial charge in [0.25, 0.3) is 0 Å². The van der Waals surface area contributed by atoms with Gasteiger partial charge in [0.15, 0.2) is 0 Å². The van der Waals surface area contributed by atoms with Gasteiger partial charge in [0.05, 0.1) is 22.5 Å². The fourth-order valence-electron chi connectivity index (χ4n) is 9.82. The van der Waals surface area contributed by atoms with Crippen LogP contribution in [0.1, 0.15) is 22.3 Å². The second-order valence-corrected chi connectivity index (χ2v) is 15.6. The molecule has 0 unspecified atom stereocenters. The molecule has 0 heterocycles. The highest BCUT2D eigenvalue weighted by Gasteiger charge is 2.47. The Bertz CT molecular complexity index is 3100. The van der Waals surface area contributed by atoms with E-state index in [1.165, 1.54) is 66.4 Å². The van der Waals surface area contributed by atoms with E-state index in [0.717, 1.165) is 28.2 Å². The lowest BCUT2D eigenvalue weighted by Crippen LogP contribution is -2.28. The number of para-hydroxylation sites is 2. The molecule has 11 rings (SSSR count).